The van der Waals surface area contributed by atoms with Gasteiger partial charge in [0.2, 0.25) is 0 Å². The fraction of sp³-hybridized carbons (Fsp3) is 1.00. The van der Waals surface area contributed by atoms with Gasteiger partial charge >= 0.3 is 0 Å². The number of alkyl halides is 6. The summed E-state index contributed by atoms with van der Waals surface area (Å²) in [4.78, 5) is 8.36. The maximum absolute atomic E-state index is 8.36. The van der Waals surface area contributed by atoms with Crippen molar-refractivity contribution < 1.29 is 35.2 Å². The first-order valence-corrected chi connectivity index (χ1v) is 6.49. The Morgan fingerprint density at radius 1 is 0.778 bits per heavy atom. The fourth-order valence-corrected chi connectivity index (χ4v) is 3.38. The zero-order valence-electron chi connectivity index (χ0n) is 8.65. The molecule has 3 N–H and O–H groups in total. The van der Waals surface area contributed by atoms with Gasteiger partial charge in [-0.25, -0.2) is 0 Å². The Labute approximate surface area is 146 Å². The third kappa shape index (κ3) is 7.34. The van der Waals surface area contributed by atoms with Gasteiger partial charge in [0, 0.05) is 19.5 Å². The van der Waals surface area contributed by atoms with E-state index in [1.54, 1.807) is 0 Å². The van der Waals surface area contributed by atoms with Crippen LogP contribution in [-0.4, -0.2) is 48.0 Å². The molecule has 0 spiro atoms. The first kappa shape index (κ1) is 24.5. The normalized spacial score (nSPS) is 38.3. The van der Waals surface area contributed by atoms with E-state index < -0.39 is 37.3 Å². The van der Waals surface area contributed by atoms with E-state index in [0.29, 0.717) is 0 Å². The van der Waals surface area contributed by atoms with E-state index in [4.69, 9.17) is 84.9 Å². The van der Waals surface area contributed by atoms with Crippen LogP contribution in [0.3, 0.4) is 0 Å². The van der Waals surface area contributed by atoms with Crippen molar-refractivity contribution >= 4 is 69.6 Å². The molecular weight excluding hydrogens is 428 g/mol. The van der Waals surface area contributed by atoms with Gasteiger partial charge in [0.05, 0.1) is 32.3 Å². The molecule has 0 aromatic heterocycles. The van der Waals surface area contributed by atoms with Crippen LogP contribution in [0.5, 0.6) is 0 Å². The summed E-state index contributed by atoms with van der Waals surface area (Å²) in [7, 11) is 0. The smallest absolute Gasteiger partial charge is 0.291 e. The topological polar surface area (TPSA) is 94.9 Å². The molecule has 0 aliphatic heterocycles. The van der Waals surface area contributed by atoms with Crippen LogP contribution in [0, 0.1) is 10.1 Å². The molecule has 1 saturated carbocycles. The van der Waals surface area contributed by atoms with Gasteiger partial charge in [-0.3, -0.25) is 0 Å². The summed E-state index contributed by atoms with van der Waals surface area (Å²) in [5, 5.41) is 11.0. The summed E-state index contributed by atoms with van der Waals surface area (Å²) in [6, 6.07) is 0. The van der Waals surface area contributed by atoms with Crippen molar-refractivity contribution in [3.63, 3.8) is 0 Å². The monoisotopic (exact) mass is 433 g/mol. The van der Waals surface area contributed by atoms with E-state index in [0.717, 1.165) is 0 Å². The molecule has 5 nitrogen and oxygen atoms in total. The molecule has 0 aromatic carbocycles. The molecule has 0 heterocycles. The molecule has 1 rings (SSSR count). The largest absolute Gasteiger partial charge is 0.412 e. The van der Waals surface area contributed by atoms with Gasteiger partial charge in [0.1, 0.15) is 0 Å². The van der Waals surface area contributed by atoms with E-state index in [2.05, 4.69) is 0 Å². The Bertz CT molecular complexity index is 190. The molecule has 1 aliphatic carbocycles. The van der Waals surface area contributed by atoms with Gasteiger partial charge in [0.25, 0.3) is 5.09 Å². The minimum Gasteiger partial charge on any atom is -0.412 e. The van der Waals surface area contributed by atoms with Crippen molar-refractivity contribution in [1.29, 1.82) is 0 Å². The van der Waals surface area contributed by atoms with Crippen molar-refractivity contribution in [2.45, 2.75) is 32.3 Å². The molecule has 0 atom stereocenters. The van der Waals surface area contributed by atoms with Crippen molar-refractivity contribution in [3.8, 4) is 0 Å². The van der Waals surface area contributed by atoms with E-state index in [9.17, 15) is 0 Å². The molecule has 18 heavy (non-hydrogen) atoms. The van der Waals surface area contributed by atoms with Crippen LogP contribution in [0.15, 0.2) is 0 Å². The molecule has 0 bridgehead atoms. The fourth-order valence-electron chi connectivity index (χ4n) is 1.05. The zero-order valence-corrected chi connectivity index (χ0v) is 16.2. The average molecular weight is 437 g/mol. The second-order valence-corrected chi connectivity index (χ2v) is 5.93. The van der Waals surface area contributed by atoms with E-state index in [1.165, 1.54) is 0 Å². The van der Waals surface area contributed by atoms with Gasteiger partial charge in [0.15, 0.2) is 0 Å². The zero-order chi connectivity index (χ0) is 13.0. The molecule has 0 unspecified atom stereocenters. The summed E-state index contributed by atoms with van der Waals surface area (Å²) in [5.74, 6) is 0. The Kier molecular flexibility index (Phi) is 15.3. The van der Waals surface area contributed by atoms with Crippen LogP contribution in [-0.2, 0) is 19.5 Å². The minimum atomic E-state index is -1.50. The molecule has 0 radical (unpaired) electrons. The van der Waals surface area contributed by atoms with Gasteiger partial charge in [-0.1, -0.05) is 0 Å². The first-order valence-electron chi connectivity index (χ1n) is 3.87. The van der Waals surface area contributed by atoms with Crippen molar-refractivity contribution in [1.82, 2.24) is 0 Å². The average Bonchev–Trinajstić information content (AvgIpc) is 2.20. The first-order chi connectivity index (χ1) is 7.20. The number of hydrogen-bond acceptors (Lipinski definition) is 2. The predicted molar refractivity (Wildman–Crippen MR) is 70.2 cm³/mol. The summed E-state index contributed by atoms with van der Waals surface area (Å²) < 4.78 is 0. The van der Waals surface area contributed by atoms with Crippen LogP contribution in [0.25, 0.3) is 0 Å². The molecule has 1 fully saturated rings. The second kappa shape index (κ2) is 11.2. The summed E-state index contributed by atoms with van der Waals surface area (Å²) in [5.41, 5.74) is 0. The van der Waals surface area contributed by atoms with Crippen LogP contribution in [0.4, 0.5) is 0 Å². The Hall–Kier alpha value is 1.52. The SMILES string of the molecule is Cl[C@H]1[C@H](Cl)[C@@H](Cl)[C@@H](Cl)[C@H](Cl)[C@H]1Cl.O.O=[N+]([O-])O.[Zn]. The van der Waals surface area contributed by atoms with Gasteiger partial charge in [-0.15, -0.1) is 79.7 Å². The van der Waals surface area contributed by atoms with Crippen molar-refractivity contribution in [3.05, 3.63) is 10.1 Å². The molecule has 0 aromatic rings. The van der Waals surface area contributed by atoms with Crippen LogP contribution >= 0.6 is 69.6 Å². The van der Waals surface area contributed by atoms with Gasteiger partial charge < -0.3 is 10.7 Å². The summed E-state index contributed by atoms with van der Waals surface area (Å²) >= 11 is 35.3. The Morgan fingerprint density at radius 2 is 0.833 bits per heavy atom. The van der Waals surface area contributed by atoms with Crippen molar-refractivity contribution in [2.24, 2.45) is 0 Å². The maximum atomic E-state index is 8.36. The standard InChI is InChI=1S/C6H6Cl6.HNO3.H2O.Zn/c7-1-2(8)4(10)6(12)5(11)3(1)9;2-1(3)4;;/h1-6H;(H,2,3,4);1H2;/t1-,2-,3-,4+,5+,6+;;;. The Morgan fingerprint density at radius 3 is 0.889 bits per heavy atom. The molecule has 106 valence electrons. The predicted octanol–water partition coefficient (Wildman–Crippen LogP) is 2.47. The van der Waals surface area contributed by atoms with Crippen LogP contribution < -0.4 is 0 Å². The molecule has 1 aliphatic rings. The molecule has 0 amide bonds. The number of hydrogen-bond donors (Lipinski definition) is 1. The third-order valence-electron chi connectivity index (χ3n) is 1.83. The number of nitrogens with zero attached hydrogens (tertiary/aromatic N) is 1. The maximum Gasteiger partial charge on any atom is 0.291 e. The van der Waals surface area contributed by atoms with E-state index in [-0.39, 0.29) is 25.0 Å². The summed E-state index contributed by atoms with van der Waals surface area (Å²) in [6.07, 6.45) is 0. The number of rotatable bonds is 0. The minimum absolute atomic E-state index is 0. The quantitative estimate of drug-likeness (QED) is 0.273. The second-order valence-electron chi connectivity index (χ2n) is 2.90. The van der Waals surface area contributed by atoms with Crippen molar-refractivity contribution in [2.75, 3.05) is 0 Å². The third-order valence-corrected chi connectivity index (χ3v) is 5.86. The summed E-state index contributed by atoms with van der Waals surface area (Å²) in [6.45, 7) is 0. The number of halogens is 6. The molecule has 12 heteroatoms. The Balaban J connectivity index is -0.000000332. The van der Waals surface area contributed by atoms with Gasteiger partial charge in [-0.2, -0.15) is 0 Å². The van der Waals surface area contributed by atoms with Crippen LogP contribution in [0.1, 0.15) is 0 Å². The van der Waals surface area contributed by atoms with E-state index in [1.807, 2.05) is 0 Å². The van der Waals surface area contributed by atoms with E-state index >= 15 is 0 Å². The molecule has 0 saturated heterocycles. The van der Waals surface area contributed by atoms with Gasteiger partial charge in [-0.05, 0) is 0 Å². The molecular formula is C6H9Cl6NO4Zn. The van der Waals surface area contributed by atoms with Crippen LogP contribution in [0.2, 0.25) is 0 Å².